The number of ether oxygens (including phenoxy) is 2. The van der Waals surface area contributed by atoms with Gasteiger partial charge in [0.25, 0.3) is 0 Å². The second kappa shape index (κ2) is 13.1. The molecule has 4 aromatic rings. The van der Waals surface area contributed by atoms with E-state index in [1.165, 1.54) is 56.5 Å². The van der Waals surface area contributed by atoms with E-state index in [-0.39, 0.29) is 28.4 Å². The molecular weight excluding hydrogens is 580 g/mol. The van der Waals surface area contributed by atoms with E-state index < -0.39 is 28.4 Å². The average molecular weight is 609 g/mol. The summed E-state index contributed by atoms with van der Waals surface area (Å²) in [4.78, 5) is 27.2. The van der Waals surface area contributed by atoms with Crippen LogP contribution in [-0.2, 0) is 26.1 Å². The van der Waals surface area contributed by atoms with Gasteiger partial charge in [0.15, 0.2) is 0 Å². The Bertz CT molecular complexity index is 1670. The Morgan fingerprint density at radius 3 is 2.02 bits per heavy atom. The summed E-state index contributed by atoms with van der Waals surface area (Å²) < 4.78 is 37.7. The number of benzene rings is 4. The summed E-state index contributed by atoms with van der Waals surface area (Å²) in [6.45, 7) is -0.441. The van der Waals surface area contributed by atoms with Gasteiger partial charge in [0.1, 0.15) is 17.1 Å². The summed E-state index contributed by atoms with van der Waals surface area (Å²) in [6.07, 6.45) is 0. The smallest absolute Gasteiger partial charge is 0.341 e. The SMILES string of the molecule is COC(=O)c1cc(N(Cc2ccc(OC)cc2)C(=O)CN(C)S(=O)(=O)c2ccc(-c3ccc(Cl)cc3)cc2)ccc1O. The van der Waals surface area contributed by atoms with Crippen LogP contribution in [0.25, 0.3) is 11.1 Å². The first-order valence-electron chi connectivity index (χ1n) is 12.7. The van der Waals surface area contributed by atoms with Gasteiger partial charge in [-0.15, -0.1) is 0 Å². The third-order valence-corrected chi connectivity index (χ3v) is 8.67. The number of methoxy groups -OCH3 is 2. The van der Waals surface area contributed by atoms with Crippen molar-refractivity contribution in [2.45, 2.75) is 11.4 Å². The van der Waals surface area contributed by atoms with Crippen molar-refractivity contribution in [1.29, 1.82) is 0 Å². The van der Waals surface area contributed by atoms with Crippen molar-refractivity contribution < 1.29 is 32.6 Å². The van der Waals surface area contributed by atoms with E-state index in [2.05, 4.69) is 0 Å². The molecule has 0 bridgehead atoms. The number of hydrogen-bond donors (Lipinski definition) is 1. The summed E-state index contributed by atoms with van der Waals surface area (Å²) in [5.74, 6) is -1.03. The van der Waals surface area contributed by atoms with Crippen LogP contribution >= 0.6 is 11.6 Å². The molecule has 9 nitrogen and oxygen atoms in total. The topological polar surface area (TPSA) is 113 Å². The molecule has 0 aliphatic rings. The Morgan fingerprint density at radius 1 is 0.857 bits per heavy atom. The molecule has 0 heterocycles. The minimum absolute atomic E-state index is 0.0230. The maximum absolute atomic E-state index is 13.7. The summed E-state index contributed by atoms with van der Waals surface area (Å²) in [6, 6.07) is 24.6. The van der Waals surface area contributed by atoms with E-state index in [1.54, 1.807) is 48.5 Å². The Morgan fingerprint density at radius 2 is 1.45 bits per heavy atom. The third kappa shape index (κ3) is 6.91. The predicted octanol–water partition coefficient (Wildman–Crippen LogP) is 5.36. The molecule has 0 spiro atoms. The number of sulfonamides is 1. The lowest BCUT2D eigenvalue weighted by Crippen LogP contribution is -2.41. The highest BCUT2D eigenvalue weighted by atomic mass is 35.5. The molecule has 0 aliphatic heterocycles. The number of phenolic OH excluding ortho intramolecular Hbond substituents is 1. The number of halogens is 1. The first-order valence-corrected chi connectivity index (χ1v) is 14.5. The van der Waals surface area contributed by atoms with E-state index >= 15 is 0 Å². The molecule has 4 aromatic carbocycles. The van der Waals surface area contributed by atoms with Crippen LogP contribution in [0.3, 0.4) is 0 Å². The highest BCUT2D eigenvalue weighted by Crippen LogP contribution is 2.28. The summed E-state index contributed by atoms with van der Waals surface area (Å²) in [5, 5.41) is 10.8. The molecule has 0 saturated heterocycles. The standard InChI is InChI=1S/C31H29ClN2O7S/c1-33(42(38,39)27-15-8-23(9-16-27)22-6-10-24(32)11-7-22)20-30(36)34(19-21-4-13-26(40-2)14-5-21)25-12-17-29(35)28(18-25)31(37)41-3/h4-18,35H,19-20H2,1-3H3. The number of nitrogens with zero attached hydrogens (tertiary/aromatic N) is 2. The Kier molecular flexibility index (Phi) is 9.52. The Hall–Kier alpha value is -4.38. The van der Waals surface area contributed by atoms with Crippen LogP contribution < -0.4 is 9.64 Å². The lowest BCUT2D eigenvalue weighted by molar-refractivity contribution is -0.118. The maximum atomic E-state index is 13.7. The molecule has 0 fully saturated rings. The second-order valence-corrected chi connectivity index (χ2v) is 11.8. The minimum Gasteiger partial charge on any atom is -0.507 e. The maximum Gasteiger partial charge on any atom is 0.341 e. The van der Waals surface area contributed by atoms with E-state index in [0.29, 0.717) is 10.8 Å². The third-order valence-electron chi connectivity index (χ3n) is 6.60. The zero-order valence-corrected chi connectivity index (χ0v) is 24.7. The molecule has 0 atom stereocenters. The molecule has 218 valence electrons. The van der Waals surface area contributed by atoms with E-state index in [0.717, 1.165) is 21.0 Å². The molecule has 0 aromatic heterocycles. The largest absolute Gasteiger partial charge is 0.507 e. The van der Waals surface area contributed by atoms with Crippen LogP contribution in [0.2, 0.25) is 5.02 Å². The van der Waals surface area contributed by atoms with Crippen molar-refractivity contribution in [3.05, 3.63) is 107 Å². The first kappa shape index (κ1) is 30.6. The molecule has 0 aliphatic carbocycles. The van der Waals surface area contributed by atoms with Crippen LogP contribution in [0, 0.1) is 0 Å². The van der Waals surface area contributed by atoms with Crippen LogP contribution in [0.5, 0.6) is 11.5 Å². The molecule has 0 saturated carbocycles. The van der Waals surface area contributed by atoms with Gasteiger partial charge >= 0.3 is 5.97 Å². The van der Waals surface area contributed by atoms with Crippen LogP contribution in [0.1, 0.15) is 15.9 Å². The number of phenols is 1. The number of carbonyl (C=O) groups excluding carboxylic acids is 2. The average Bonchev–Trinajstić information content (AvgIpc) is 3.00. The highest BCUT2D eigenvalue weighted by Gasteiger charge is 2.27. The van der Waals surface area contributed by atoms with Gasteiger partial charge in [-0.2, -0.15) is 4.31 Å². The molecular formula is C31H29ClN2O7S. The zero-order chi connectivity index (χ0) is 30.4. The number of aromatic hydroxyl groups is 1. The monoisotopic (exact) mass is 608 g/mol. The van der Waals surface area contributed by atoms with Gasteiger partial charge in [-0.3, -0.25) is 4.79 Å². The van der Waals surface area contributed by atoms with Gasteiger partial charge in [0.05, 0.1) is 32.2 Å². The molecule has 1 amide bonds. The number of likely N-dealkylation sites (N-methyl/N-ethyl adjacent to an activating group) is 1. The van der Waals surface area contributed by atoms with Gasteiger partial charge in [0, 0.05) is 17.8 Å². The minimum atomic E-state index is -4.04. The van der Waals surface area contributed by atoms with Gasteiger partial charge in [-0.25, -0.2) is 13.2 Å². The summed E-state index contributed by atoms with van der Waals surface area (Å²) in [7, 11) is 0.00248. The number of carbonyl (C=O) groups is 2. The van der Waals surface area contributed by atoms with Gasteiger partial charge in [0.2, 0.25) is 15.9 Å². The van der Waals surface area contributed by atoms with Crippen LogP contribution in [0.4, 0.5) is 5.69 Å². The van der Waals surface area contributed by atoms with E-state index in [1.807, 2.05) is 12.1 Å². The van der Waals surface area contributed by atoms with Crippen molar-refractivity contribution in [3.63, 3.8) is 0 Å². The van der Waals surface area contributed by atoms with Crippen molar-refractivity contribution in [1.82, 2.24) is 4.31 Å². The van der Waals surface area contributed by atoms with Crippen molar-refractivity contribution in [2.24, 2.45) is 0 Å². The normalized spacial score (nSPS) is 11.3. The van der Waals surface area contributed by atoms with Gasteiger partial charge in [-0.05, 0) is 71.3 Å². The first-order chi connectivity index (χ1) is 20.0. The lowest BCUT2D eigenvalue weighted by Gasteiger charge is -2.26. The highest BCUT2D eigenvalue weighted by molar-refractivity contribution is 7.89. The number of esters is 1. The fourth-order valence-corrected chi connectivity index (χ4v) is 5.45. The molecule has 42 heavy (non-hydrogen) atoms. The summed E-state index contributed by atoms with van der Waals surface area (Å²) in [5.41, 5.74) is 2.54. The summed E-state index contributed by atoms with van der Waals surface area (Å²) >= 11 is 5.96. The van der Waals surface area contributed by atoms with E-state index in [4.69, 9.17) is 21.1 Å². The van der Waals surface area contributed by atoms with Gasteiger partial charge in [-0.1, -0.05) is 48.0 Å². The zero-order valence-electron chi connectivity index (χ0n) is 23.2. The molecule has 4 rings (SSSR count). The van der Waals surface area contributed by atoms with Crippen molar-refractivity contribution in [2.75, 3.05) is 32.7 Å². The van der Waals surface area contributed by atoms with Crippen LogP contribution in [0.15, 0.2) is 95.9 Å². The molecule has 11 heteroatoms. The Balaban J connectivity index is 1.60. The molecule has 0 radical (unpaired) electrons. The quantitative estimate of drug-likeness (QED) is 0.241. The second-order valence-electron chi connectivity index (χ2n) is 9.31. The number of hydrogen-bond acceptors (Lipinski definition) is 7. The Labute approximate surface area is 249 Å². The van der Waals surface area contributed by atoms with Crippen molar-refractivity contribution >= 4 is 39.2 Å². The lowest BCUT2D eigenvalue weighted by atomic mass is 10.1. The fourth-order valence-electron chi connectivity index (χ4n) is 4.20. The van der Waals surface area contributed by atoms with Gasteiger partial charge < -0.3 is 19.5 Å². The number of amides is 1. The fraction of sp³-hybridized carbons (Fsp3) is 0.161. The molecule has 1 N–H and O–H groups in total. The number of anilines is 1. The van der Waals surface area contributed by atoms with Crippen LogP contribution in [-0.4, -0.2) is 57.5 Å². The predicted molar refractivity (Wildman–Crippen MR) is 160 cm³/mol. The molecule has 0 unspecified atom stereocenters. The van der Waals surface area contributed by atoms with E-state index in [9.17, 15) is 23.1 Å². The number of rotatable bonds is 10. The van der Waals surface area contributed by atoms with Crippen molar-refractivity contribution in [3.8, 4) is 22.6 Å².